The van der Waals surface area contributed by atoms with Crippen LogP contribution in [0.4, 0.5) is 0 Å². The molecular weight excluding hydrogens is 284 g/mol. The van der Waals surface area contributed by atoms with Gasteiger partial charge in [-0.15, -0.1) is 11.3 Å². The smallest absolute Gasteiger partial charge is 0.195 e. The largest absolute Gasteiger partial charge is 0.494 e. The van der Waals surface area contributed by atoms with Gasteiger partial charge in [-0.25, -0.2) is 0 Å². The van der Waals surface area contributed by atoms with Gasteiger partial charge in [0.2, 0.25) is 0 Å². The van der Waals surface area contributed by atoms with Gasteiger partial charge >= 0.3 is 0 Å². The zero-order chi connectivity index (χ0) is 15.1. The van der Waals surface area contributed by atoms with Crippen molar-refractivity contribution in [1.29, 1.82) is 0 Å². The monoisotopic (exact) mass is 302 g/mol. The van der Waals surface area contributed by atoms with Gasteiger partial charge in [0.05, 0.1) is 18.1 Å². The van der Waals surface area contributed by atoms with Gasteiger partial charge in [-0.2, -0.15) is 0 Å². The number of ketones is 1. The summed E-state index contributed by atoms with van der Waals surface area (Å²) in [4.78, 5) is 12.7. The lowest BCUT2D eigenvalue weighted by Crippen LogP contribution is -1.97. The molecule has 1 heterocycles. The van der Waals surface area contributed by atoms with Crippen LogP contribution in [0, 0.1) is 0 Å². The standard InChI is InChI=1S/C17H18O3S/c1-3-19-14-8-10-16(20-4-2)13(12-14)7-9-15(18)17-6-5-11-21-17/h5-12H,3-4H2,1-2H3. The minimum absolute atomic E-state index is 0.00531. The van der Waals surface area contributed by atoms with Crippen LogP contribution < -0.4 is 9.47 Å². The number of ether oxygens (including phenoxy) is 2. The highest BCUT2D eigenvalue weighted by Crippen LogP contribution is 2.26. The first kappa shape index (κ1) is 15.3. The Morgan fingerprint density at radius 3 is 2.67 bits per heavy atom. The van der Waals surface area contributed by atoms with Gasteiger partial charge in [0.1, 0.15) is 11.5 Å². The number of thiophene rings is 1. The van der Waals surface area contributed by atoms with Crippen molar-refractivity contribution in [2.24, 2.45) is 0 Å². The molecule has 0 bridgehead atoms. The zero-order valence-corrected chi connectivity index (χ0v) is 13.0. The molecule has 0 fully saturated rings. The van der Waals surface area contributed by atoms with Crippen LogP contribution in [0.2, 0.25) is 0 Å². The molecule has 4 heteroatoms. The van der Waals surface area contributed by atoms with Gasteiger partial charge < -0.3 is 9.47 Å². The Balaban J connectivity index is 2.23. The molecule has 21 heavy (non-hydrogen) atoms. The van der Waals surface area contributed by atoms with Gasteiger partial charge in [-0.3, -0.25) is 4.79 Å². The van der Waals surface area contributed by atoms with Crippen LogP contribution in [0.3, 0.4) is 0 Å². The van der Waals surface area contributed by atoms with E-state index in [0.717, 1.165) is 21.9 Å². The maximum Gasteiger partial charge on any atom is 0.195 e. The first-order valence-corrected chi connectivity index (χ1v) is 7.78. The third kappa shape index (κ3) is 4.20. The first-order valence-electron chi connectivity index (χ1n) is 6.90. The summed E-state index contributed by atoms with van der Waals surface area (Å²) in [5.74, 6) is 1.51. The second-order valence-corrected chi connectivity index (χ2v) is 5.19. The summed E-state index contributed by atoms with van der Waals surface area (Å²) in [6.45, 7) is 5.05. The molecule has 2 aromatic rings. The highest BCUT2D eigenvalue weighted by atomic mass is 32.1. The summed E-state index contributed by atoms with van der Waals surface area (Å²) in [6, 6.07) is 9.30. The molecule has 0 saturated carbocycles. The fraction of sp³-hybridized carbons (Fsp3) is 0.235. The molecule has 1 aromatic heterocycles. The summed E-state index contributed by atoms with van der Waals surface area (Å²) >= 11 is 1.44. The number of benzene rings is 1. The molecule has 0 amide bonds. The van der Waals surface area contributed by atoms with E-state index >= 15 is 0 Å². The fourth-order valence-corrected chi connectivity index (χ4v) is 2.51. The second-order valence-electron chi connectivity index (χ2n) is 4.24. The topological polar surface area (TPSA) is 35.5 Å². The maximum atomic E-state index is 12.0. The van der Waals surface area contributed by atoms with Crippen LogP contribution >= 0.6 is 11.3 Å². The van der Waals surface area contributed by atoms with E-state index < -0.39 is 0 Å². The normalized spacial score (nSPS) is 10.8. The predicted molar refractivity (Wildman–Crippen MR) is 86.5 cm³/mol. The minimum Gasteiger partial charge on any atom is -0.494 e. The third-order valence-electron chi connectivity index (χ3n) is 2.77. The van der Waals surface area contributed by atoms with Crippen LogP contribution in [-0.4, -0.2) is 19.0 Å². The van der Waals surface area contributed by atoms with Crippen LogP contribution in [0.1, 0.15) is 29.1 Å². The van der Waals surface area contributed by atoms with E-state index in [2.05, 4.69) is 0 Å². The van der Waals surface area contributed by atoms with Crippen LogP contribution in [0.5, 0.6) is 11.5 Å². The van der Waals surface area contributed by atoms with E-state index in [1.807, 2.05) is 49.6 Å². The Morgan fingerprint density at radius 1 is 1.19 bits per heavy atom. The number of hydrogen-bond donors (Lipinski definition) is 0. The molecule has 0 radical (unpaired) electrons. The molecule has 0 aliphatic heterocycles. The molecule has 110 valence electrons. The molecule has 3 nitrogen and oxygen atoms in total. The van der Waals surface area contributed by atoms with Crippen molar-refractivity contribution in [3.63, 3.8) is 0 Å². The lowest BCUT2D eigenvalue weighted by molar-refractivity contribution is 0.105. The molecule has 0 unspecified atom stereocenters. The Morgan fingerprint density at radius 2 is 2.00 bits per heavy atom. The SMILES string of the molecule is CCOc1ccc(OCC)c(C=CC(=O)c2cccs2)c1. The van der Waals surface area contributed by atoms with Crippen molar-refractivity contribution in [3.8, 4) is 11.5 Å². The van der Waals surface area contributed by atoms with Crippen LogP contribution in [0.15, 0.2) is 41.8 Å². The quantitative estimate of drug-likeness (QED) is 0.560. The van der Waals surface area contributed by atoms with Crippen molar-refractivity contribution in [3.05, 3.63) is 52.2 Å². The highest BCUT2D eigenvalue weighted by molar-refractivity contribution is 7.12. The van der Waals surface area contributed by atoms with Gasteiger partial charge in [0, 0.05) is 5.56 Å². The van der Waals surface area contributed by atoms with E-state index in [9.17, 15) is 4.79 Å². The van der Waals surface area contributed by atoms with Crippen LogP contribution in [0.25, 0.3) is 6.08 Å². The van der Waals surface area contributed by atoms with Crippen molar-refractivity contribution < 1.29 is 14.3 Å². The molecule has 0 atom stereocenters. The maximum absolute atomic E-state index is 12.0. The number of carbonyl (C=O) groups is 1. The average Bonchev–Trinajstić information content (AvgIpc) is 3.02. The molecular formula is C17H18O3S. The van der Waals surface area contributed by atoms with Gasteiger partial charge in [0.25, 0.3) is 0 Å². The second kappa shape index (κ2) is 7.64. The van der Waals surface area contributed by atoms with Crippen molar-refractivity contribution >= 4 is 23.2 Å². The van der Waals surface area contributed by atoms with E-state index in [0.29, 0.717) is 13.2 Å². The Kier molecular flexibility index (Phi) is 5.58. The number of hydrogen-bond acceptors (Lipinski definition) is 4. The van der Waals surface area contributed by atoms with Crippen molar-refractivity contribution in [2.45, 2.75) is 13.8 Å². The summed E-state index contributed by atoms with van der Waals surface area (Å²) in [5, 5.41) is 1.89. The number of allylic oxidation sites excluding steroid dienone is 1. The molecule has 0 aliphatic rings. The van der Waals surface area contributed by atoms with E-state index in [1.54, 1.807) is 12.2 Å². The molecule has 0 saturated heterocycles. The van der Waals surface area contributed by atoms with E-state index in [4.69, 9.17) is 9.47 Å². The van der Waals surface area contributed by atoms with E-state index in [1.165, 1.54) is 11.3 Å². The zero-order valence-electron chi connectivity index (χ0n) is 12.2. The van der Waals surface area contributed by atoms with Gasteiger partial charge in [0.15, 0.2) is 5.78 Å². The lowest BCUT2D eigenvalue weighted by Gasteiger charge is -2.09. The molecule has 1 aromatic carbocycles. The molecule has 0 aliphatic carbocycles. The third-order valence-corrected chi connectivity index (χ3v) is 3.65. The summed E-state index contributed by atoms with van der Waals surface area (Å²) < 4.78 is 11.1. The van der Waals surface area contributed by atoms with Gasteiger partial charge in [-0.05, 0) is 55.6 Å². The fourth-order valence-electron chi connectivity index (χ4n) is 1.87. The van der Waals surface area contributed by atoms with Crippen molar-refractivity contribution in [1.82, 2.24) is 0 Å². The Bertz CT molecular complexity index is 615. The van der Waals surface area contributed by atoms with E-state index in [-0.39, 0.29) is 5.78 Å². The molecule has 0 spiro atoms. The number of rotatable bonds is 7. The summed E-state index contributed by atoms with van der Waals surface area (Å²) in [7, 11) is 0. The first-order chi connectivity index (χ1) is 10.2. The van der Waals surface area contributed by atoms with Crippen molar-refractivity contribution in [2.75, 3.05) is 13.2 Å². The summed E-state index contributed by atoms with van der Waals surface area (Å²) in [6.07, 6.45) is 3.34. The Hall–Kier alpha value is -2.07. The molecule has 2 rings (SSSR count). The minimum atomic E-state index is -0.00531. The molecule has 0 N–H and O–H groups in total. The lowest BCUT2D eigenvalue weighted by atomic mass is 10.1. The Labute approximate surface area is 128 Å². The number of carbonyl (C=O) groups excluding carboxylic acids is 1. The highest BCUT2D eigenvalue weighted by Gasteiger charge is 2.06. The van der Waals surface area contributed by atoms with Gasteiger partial charge in [-0.1, -0.05) is 6.07 Å². The summed E-state index contributed by atoms with van der Waals surface area (Å²) in [5.41, 5.74) is 0.840. The average molecular weight is 302 g/mol. The predicted octanol–water partition coefficient (Wildman–Crippen LogP) is 4.44. The van der Waals surface area contributed by atoms with Crippen LogP contribution in [-0.2, 0) is 0 Å².